The first-order valence-corrected chi connectivity index (χ1v) is 20.0. The number of carbonyl (C=O) groups excluding carboxylic acids is 1. The van der Waals surface area contributed by atoms with Crippen LogP contribution in [0.4, 0.5) is 0 Å². The number of aryl methyl sites for hydroxylation is 2. The van der Waals surface area contributed by atoms with E-state index in [1.54, 1.807) is 0 Å². The zero-order valence-corrected chi connectivity index (χ0v) is 36.7. The third kappa shape index (κ3) is 8.31. The van der Waals surface area contributed by atoms with Crippen molar-refractivity contribution in [3.63, 3.8) is 0 Å². The molecule has 3 aromatic heterocycles. The van der Waals surface area contributed by atoms with Crippen molar-refractivity contribution < 1.29 is 30.0 Å². The first kappa shape index (κ1) is 41.6. The van der Waals surface area contributed by atoms with E-state index in [0.29, 0.717) is 0 Å². The molecule has 6 aromatic rings. The first-order valence-electron chi connectivity index (χ1n) is 18.4. The van der Waals surface area contributed by atoms with Crippen molar-refractivity contribution >= 4 is 59.4 Å². The minimum absolute atomic E-state index is 0. The van der Waals surface area contributed by atoms with Gasteiger partial charge in [0.05, 0.1) is 0 Å². The number of aliphatic hydroxyl groups is 1. The van der Waals surface area contributed by atoms with E-state index in [1.165, 1.54) is 58.1 Å². The van der Waals surface area contributed by atoms with E-state index in [-0.39, 0.29) is 47.9 Å². The summed E-state index contributed by atoms with van der Waals surface area (Å²) in [5.74, 6) is 0.286. The van der Waals surface area contributed by atoms with Crippen molar-refractivity contribution in [1.82, 2.24) is 4.98 Å². The van der Waals surface area contributed by atoms with Crippen molar-refractivity contribution in [2.45, 2.75) is 107 Å². The minimum atomic E-state index is -0.337. The van der Waals surface area contributed by atoms with Gasteiger partial charge in [-0.25, -0.2) is 0 Å². The summed E-state index contributed by atoms with van der Waals surface area (Å²) < 4.78 is 2.59. The van der Waals surface area contributed by atoms with Gasteiger partial charge in [0.2, 0.25) is 0 Å². The predicted octanol–water partition coefficient (Wildman–Crippen LogP) is 14.4. The number of thiophene rings is 2. The van der Waals surface area contributed by atoms with Crippen molar-refractivity contribution in [1.29, 1.82) is 0 Å². The molecular formula is C46H54IrNO2S2-. The number of fused-ring (bicyclic) bond motifs is 3. The van der Waals surface area contributed by atoms with Crippen molar-refractivity contribution in [2.75, 3.05) is 0 Å². The van der Waals surface area contributed by atoms with Crippen LogP contribution in [-0.2, 0) is 30.3 Å². The Morgan fingerprint density at radius 1 is 0.827 bits per heavy atom. The largest absolute Gasteiger partial charge is 0.512 e. The Morgan fingerprint density at radius 2 is 1.48 bits per heavy atom. The van der Waals surface area contributed by atoms with Crippen LogP contribution in [-0.4, -0.2) is 15.9 Å². The van der Waals surface area contributed by atoms with Gasteiger partial charge in [-0.1, -0.05) is 104 Å². The summed E-state index contributed by atoms with van der Waals surface area (Å²) in [6, 6.07) is 25.9. The first-order chi connectivity index (χ1) is 24.1. The molecule has 3 aromatic carbocycles. The summed E-state index contributed by atoms with van der Waals surface area (Å²) in [4.78, 5) is 19.8. The van der Waals surface area contributed by atoms with Crippen molar-refractivity contribution in [2.24, 2.45) is 10.8 Å². The maximum absolute atomic E-state index is 12.2. The number of hydrogen-bond donors (Lipinski definition) is 1. The van der Waals surface area contributed by atoms with Gasteiger partial charge in [0.25, 0.3) is 0 Å². The average molecular weight is 909 g/mol. The smallest absolute Gasteiger partial charge is 0.164 e. The van der Waals surface area contributed by atoms with E-state index in [0.717, 1.165) is 42.3 Å². The molecule has 6 heteroatoms. The zero-order valence-electron chi connectivity index (χ0n) is 32.7. The molecule has 0 unspecified atom stereocenters. The molecule has 0 saturated carbocycles. The van der Waals surface area contributed by atoms with Crippen LogP contribution in [0.1, 0.15) is 104 Å². The van der Waals surface area contributed by atoms with Gasteiger partial charge in [-0.2, -0.15) is 0 Å². The fraction of sp³-hybridized carbons (Fsp3) is 0.391. The molecule has 1 N–H and O–H groups in total. The normalized spacial score (nSPS) is 12.6. The van der Waals surface area contributed by atoms with E-state index in [2.05, 4.69) is 101 Å². The molecule has 0 bridgehead atoms. The summed E-state index contributed by atoms with van der Waals surface area (Å²) in [6.45, 7) is 23.3. The molecule has 3 nitrogen and oxygen atoms in total. The monoisotopic (exact) mass is 909 g/mol. The molecule has 0 amide bonds. The summed E-state index contributed by atoms with van der Waals surface area (Å²) in [5, 5.41) is 15.2. The molecule has 52 heavy (non-hydrogen) atoms. The molecule has 0 atom stereocenters. The number of allylic oxidation sites excluding steroid dienone is 2. The molecule has 0 aliphatic heterocycles. The predicted molar refractivity (Wildman–Crippen MR) is 223 cm³/mol. The second-order valence-corrected chi connectivity index (χ2v) is 17.8. The molecule has 277 valence electrons. The number of ketones is 1. The van der Waals surface area contributed by atoms with Crippen LogP contribution in [0.2, 0.25) is 0 Å². The molecule has 0 saturated heterocycles. The molecule has 3 heterocycles. The van der Waals surface area contributed by atoms with E-state index in [4.69, 9.17) is 4.98 Å². The molecule has 0 aliphatic carbocycles. The Labute approximate surface area is 333 Å². The second-order valence-electron chi connectivity index (χ2n) is 15.5. The van der Waals surface area contributed by atoms with Crippen LogP contribution in [0.25, 0.3) is 52.6 Å². The average Bonchev–Trinajstić information content (AvgIpc) is 3.67. The Hall–Kier alpha value is -3.15. The van der Waals surface area contributed by atoms with Gasteiger partial charge < -0.3 is 5.11 Å². The number of aliphatic hydroxyl groups excluding tert-OH is 1. The third-order valence-corrected chi connectivity index (χ3v) is 13.6. The molecular weight excluding hydrogens is 855 g/mol. The van der Waals surface area contributed by atoms with Crippen molar-refractivity contribution in [3.05, 3.63) is 101 Å². The summed E-state index contributed by atoms with van der Waals surface area (Å²) in [5.41, 5.74) is 5.48. The standard InChI is InChI=1S/C31H26NS2.C15H28O2.Ir/c1-18-14-21-10-11-22(17-27(21)33-18)29-19(2)24-12-13-32-28(30(24)34-29)23-15-20-8-6-7-9-25(20)26(16-23)31(3,4)5;1-7-14(5,8-2)12(16)11-13(17)15(6,9-3)10-4;/h6-14,16-17H,1-5H3;11,16H,7-10H2,1-6H3;/q-1;;/b;12-11-;. The number of aromatic nitrogens is 1. The molecule has 0 spiro atoms. The SMILES string of the molecule is CCC(C)(CC)C(=O)/C=C(\O)C(C)(CC)CC.Cc1cc2ccc(-c3sc4c(-c5[c-]c6ccccc6c(C(C)(C)C)c5)nccc4c3C)cc2s1.[Ir]. The number of benzene rings is 3. The van der Waals surface area contributed by atoms with E-state index < -0.39 is 0 Å². The Balaban J connectivity index is 0.000000289. The van der Waals surface area contributed by atoms with Crippen LogP contribution in [0.15, 0.2) is 78.7 Å². The minimum Gasteiger partial charge on any atom is -0.512 e. The van der Waals surface area contributed by atoms with E-state index in [9.17, 15) is 9.90 Å². The summed E-state index contributed by atoms with van der Waals surface area (Å²) in [7, 11) is 0. The Bertz CT molecular complexity index is 2220. The van der Waals surface area contributed by atoms with Crippen LogP contribution >= 0.6 is 22.7 Å². The van der Waals surface area contributed by atoms with Gasteiger partial charge in [-0.15, -0.1) is 51.8 Å². The topological polar surface area (TPSA) is 50.2 Å². The summed E-state index contributed by atoms with van der Waals surface area (Å²) in [6.07, 6.45) is 6.71. The van der Waals surface area contributed by atoms with Gasteiger partial charge in [0, 0.05) is 68.1 Å². The zero-order chi connectivity index (χ0) is 37.3. The van der Waals surface area contributed by atoms with Gasteiger partial charge in [0.15, 0.2) is 5.78 Å². The number of rotatable bonds is 9. The fourth-order valence-electron chi connectivity index (χ4n) is 6.58. The number of pyridine rings is 1. The van der Waals surface area contributed by atoms with Crippen molar-refractivity contribution in [3.8, 4) is 21.7 Å². The maximum atomic E-state index is 12.2. The third-order valence-electron chi connectivity index (χ3n) is 11.2. The van der Waals surface area contributed by atoms with Gasteiger partial charge >= 0.3 is 0 Å². The van der Waals surface area contributed by atoms with Crippen LogP contribution < -0.4 is 0 Å². The van der Waals surface area contributed by atoms with Gasteiger partial charge in [-0.3, -0.25) is 9.78 Å². The number of carbonyl (C=O) groups is 1. The van der Waals surface area contributed by atoms with E-state index >= 15 is 0 Å². The maximum Gasteiger partial charge on any atom is 0.164 e. The Morgan fingerprint density at radius 3 is 2.12 bits per heavy atom. The number of hydrogen-bond acceptors (Lipinski definition) is 5. The van der Waals surface area contributed by atoms with Crippen LogP contribution in [0.3, 0.4) is 0 Å². The quantitative estimate of drug-likeness (QED) is 0.0893. The fourth-order valence-corrected chi connectivity index (χ4v) is 8.85. The second kappa shape index (κ2) is 16.5. The van der Waals surface area contributed by atoms with Gasteiger partial charge in [0.1, 0.15) is 5.76 Å². The molecule has 1 radical (unpaired) electrons. The molecule has 0 aliphatic rings. The van der Waals surface area contributed by atoms with Crippen LogP contribution in [0, 0.1) is 30.7 Å². The molecule has 0 fully saturated rings. The number of nitrogens with zero attached hydrogens (tertiary/aromatic N) is 1. The van der Waals surface area contributed by atoms with E-state index in [1.807, 2.05) is 70.4 Å². The van der Waals surface area contributed by atoms with Gasteiger partial charge in [-0.05, 0) is 85.0 Å². The van der Waals surface area contributed by atoms with Crippen LogP contribution in [0.5, 0.6) is 0 Å². The summed E-state index contributed by atoms with van der Waals surface area (Å²) >= 11 is 3.72. The Kier molecular flexibility index (Phi) is 13.2. The molecule has 6 rings (SSSR count).